The van der Waals surface area contributed by atoms with Crippen LogP contribution >= 0.6 is 0 Å². The van der Waals surface area contributed by atoms with Crippen molar-refractivity contribution in [3.63, 3.8) is 0 Å². The summed E-state index contributed by atoms with van der Waals surface area (Å²) in [6, 6.07) is 0. The van der Waals surface area contributed by atoms with Gasteiger partial charge in [-0.2, -0.15) is 4.39 Å². The van der Waals surface area contributed by atoms with Crippen molar-refractivity contribution in [3.05, 3.63) is 64.3 Å². The lowest BCUT2D eigenvalue weighted by molar-refractivity contribution is 0.377. The molecule has 0 saturated heterocycles. The van der Waals surface area contributed by atoms with Gasteiger partial charge in [0.25, 0.3) is 0 Å². The zero-order valence-electron chi connectivity index (χ0n) is 15.8. The molecule has 1 heterocycles. The molecular weight excluding hydrogens is 313 g/mol. The minimum Gasteiger partial charge on any atom is -0.490 e. The van der Waals surface area contributed by atoms with Gasteiger partial charge in [-0.3, -0.25) is 0 Å². The molecule has 4 heteroatoms. The van der Waals surface area contributed by atoms with Crippen LogP contribution in [0.2, 0.25) is 0 Å². The van der Waals surface area contributed by atoms with Crippen LogP contribution in [0.5, 0.6) is 0 Å². The number of allylic oxidation sites excluding steroid dienone is 9. The molecule has 1 aromatic heterocycles. The highest BCUT2D eigenvalue weighted by Gasteiger charge is 2.26. The highest BCUT2D eigenvalue weighted by molar-refractivity contribution is 5.51. The van der Waals surface area contributed by atoms with Gasteiger partial charge in [-0.15, -0.1) is 0 Å². The van der Waals surface area contributed by atoms with Gasteiger partial charge in [-0.25, -0.2) is 0 Å². The molecule has 0 spiro atoms. The average Bonchev–Trinajstić information content (AvgIpc) is 2.91. The highest BCUT2D eigenvalue weighted by atomic mass is 19.1. The third-order valence-electron chi connectivity index (χ3n) is 4.63. The molecule has 3 nitrogen and oxygen atoms in total. The number of hydrogen-bond donors (Lipinski definition) is 0. The summed E-state index contributed by atoms with van der Waals surface area (Å²) < 4.78 is 13.2. The molecule has 0 aliphatic heterocycles. The van der Waals surface area contributed by atoms with Crippen LogP contribution in [0.3, 0.4) is 0 Å². The maximum absolute atomic E-state index is 13.2. The van der Waals surface area contributed by atoms with Gasteiger partial charge in [0.15, 0.2) is 0 Å². The number of nitrogens with zero attached hydrogens (tertiary/aromatic N) is 3. The van der Waals surface area contributed by atoms with Crippen LogP contribution in [-0.2, 0) is 0 Å². The summed E-state index contributed by atoms with van der Waals surface area (Å²) in [5.41, 5.74) is 5.45. The molecule has 1 aromatic rings. The summed E-state index contributed by atoms with van der Waals surface area (Å²) in [6.07, 6.45) is 15.7. The van der Waals surface area contributed by atoms with E-state index in [1.807, 2.05) is 25.2 Å². The summed E-state index contributed by atoms with van der Waals surface area (Å²) >= 11 is 0. The first-order chi connectivity index (χ1) is 11.8. The Morgan fingerprint density at radius 2 is 1.92 bits per heavy atom. The van der Waals surface area contributed by atoms with Crippen LogP contribution in [0.15, 0.2) is 52.7 Å². The Kier molecular flexibility index (Phi) is 6.29. The quantitative estimate of drug-likeness (QED) is 0.659. The Bertz CT molecular complexity index is 758. The lowest BCUT2D eigenvalue weighted by atomic mass is 9.72. The van der Waals surface area contributed by atoms with Crippen LogP contribution in [0.1, 0.15) is 59.6 Å². The first kappa shape index (κ1) is 19.1. The van der Waals surface area contributed by atoms with E-state index < -0.39 is 5.95 Å². The van der Waals surface area contributed by atoms with Crippen molar-refractivity contribution >= 4 is 6.08 Å². The smallest absolute Gasteiger partial charge is 0.219 e. The third kappa shape index (κ3) is 5.38. The van der Waals surface area contributed by atoms with Gasteiger partial charge < -0.3 is 15.4 Å². The van der Waals surface area contributed by atoms with Crippen molar-refractivity contribution < 1.29 is 4.39 Å². The van der Waals surface area contributed by atoms with Crippen molar-refractivity contribution in [1.82, 2.24) is 15.4 Å². The number of rotatable bonds is 5. The molecule has 1 aliphatic carbocycles. The molecule has 0 fully saturated rings. The van der Waals surface area contributed by atoms with Crippen molar-refractivity contribution in [1.29, 1.82) is 0 Å². The van der Waals surface area contributed by atoms with Gasteiger partial charge in [-0.1, -0.05) is 55.4 Å². The van der Waals surface area contributed by atoms with Gasteiger partial charge in [0, 0.05) is 0 Å². The van der Waals surface area contributed by atoms with Crippen molar-refractivity contribution in [3.8, 4) is 0 Å². The molecule has 0 atom stereocenters. The van der Waals surface area contributed by atoms with E-state index >= 15 is 0 Å². The minimum atomic E-state index is -0.638. The Hall–Kier alpha value is -2.23. The van der Waals surface area contributed by atoms with Gasteiger partial charge in [0.1, 0.15) is 0 Å². The predicted octanol–water partition coefficient (Wildman–Crippen LogP) is 5.56. The standard InChI is InChI=1S/C21H27FN3/c1-15(11-12-18-17(3)10-7-13-21(18,4)5)8-6-9-16(2)14-19-20(22)24-25-23-19/h6,8-9,11-12,14H,7,10,13H2,1-5H3/q-1/b9-6+,12-11+,15-8+,16-14+. The molecule has 0 bridgehead atoms. The van der Waals surface area contributed by atoms with E-state index in [2.05, 4.69) is 55.3 Å². The number of aromatic nitrogens is 3. The van der Waals surface area contributed by atoms with Crippen molar-refractivity contribution in [2.24, 2.45) is 5.41 Å². The lowest BCUT2D eigenvalue weighted by Gasteiger charge is -2.32. The predicted molar refractivity (Wildman–Crippen MR) is 101 cm³/mol. The fourth-order valence-electron chi connectivity index (χ4n) is 3.19. The van der Waals surface area contributed by atoms with E-state index in [-0.39, 0.29) is 11.1 Å². The summed E-state index contributed by atoms with van der Waals surface area (Å²) in [7, 11) is 0. The van der Waals surface area contributed by atoms with Crippen LogP contribution in [0.25, 0.3) is 6.08 Å². The van der Waals surface area contributed by atoms with E-state index in [0.717, 1.165) is 5.57 Å². The van der Waals surface area contributed by atoms with Gasteiger partial charge in [-0.05, 0) is 62.7 Å². The molecule has 2 rings (SSSR count). The molecule has 134 valence electrons. The molecule has 25 heavy (non-hydrogen) atoms. The molecule has 0 amide bonds. The number of hydrogen-bond acceptors (Lipinski definition) is 2. The minimum absolute atomic E-state index is 0.171. The Morgan fingerprint density at radius 3 is 2.56 bits per heavy atom. The van der Waals surface area contributed by atoms with Gasteiger partial charge in [0.05, 0.1) is 5.69 Å². The Labute approximate surface area is 150 Å². The highest BCUT2D eigenvalue weighted by Crippen LogP contribution is 2.40. The molecule has 0 aromatic carbocycles. The second kappa shape index (κ2) is 8.24. The Morgan fingerprint density at radius 1 is 1.16 bits per heavy atom. The van der Waals surface area contributed by atoms with Crippen LogP contribution in [-0.4, -0.2) is 10.2 Å². The van der Waals surface area contributed by atoms with Crippen LogP contribution in [0.4, 0.5) is 4.39 Å². The van der Waals surface area contributed by atoms with E-state index in [1.165, 1.54) is 36.0 Å². The fourth-order valence-corrected chi connectivity index (χ4v) is 3.19. The molecule has 0 saturated carbocycles. The van der Waals surface area contributed by atoms with Crippen molar-refractivity contribution in [2.75, 3.05) is 0 Å². The summed E-state index contributed by atoms with van der Waals surface area (Å²) in [4.78, 5) is 0. The largest absolute Gasteiger partial charge is 0.490 e. The molecule has 0 radical (unpaired) electrons. The zero-order valence-corrected chi connectivity index (χ0v) is 15.8. The zero-order chi connectivity index (χ0) is 18.4. The van der Waals surface area contributed by atoms with E-state index in [9.17, 15) is 4.39 Å². The van der Waals surface area contributed by atoms with Gasteiger partial charge >= 0.3 is 0 Å². The summed E-state index contributed by atoms with van der Waals surface area (Å²) in [5.74, 6) is -0.638. The monoisotopic (exact) mass is 340 g/mol. The maximum atomic E-state index is 13.2. The molecule has 0 unspecified atom stereocenters. The lowest BCUT2D eigenvalue weighted by Crippen LogP contribution is -2.19. The average molecular weight is 340 g/mol. The maximum Gasteiger partial charge on any atom is 0.219 e. The topological polar surface area (TPSA) is 39.9 Å². The fraction of sp³-hybridized carbons (Fsp3) is 0.429. The Balaban J connectivity index is 2.04. The SMILES string of the molecule is CC1=C(/C=C/C(C)=C/C=C/C(C)=C/c2n[n-]nc2F)C(C)(C)CCC1. The first-order valence-electron chi connectivity index (χ1n) is 8.73. The normalized spacial score (nSPS) is 19.4. The summed E-state index contributed by atoms with van der Waals surface area (Å²) in [6.45, 7) is 10.9. The molecule has 0 N–H and O–H groups in total. The second-order valence-corrected chi connectivity index (χ2v) is 7.39. The second-order valence-electron chi connectivity index (χ2n) is 7.39. The third-order valence-corrected chi connectivity index (χ3v) is 4.63. The van der Waals surface area contributed by atoms with Crippen LogP contribution < -0.4 is 5.21 Å². The first-order valence-corrected chi connectivity index (χ1v) is 8.73. The van der Waals surface area contributed by atoms with E-state index in [4.69, 9.17) is 0 Å². The number of halogens is 1. The molecular formula is C21H27FN3-. The van der Waals surface area contributed by atoms with Crippen molar-refractivity contribution in [2.45, 2.75) is 53.9 Å². The molecule has 1 aliphatic rings. The van der Waals surface area contributed by atoms with E-state index in [1.54, 1.807) is 6.08 Å². The van der Waals surface area contributed by atoms with Gasteiger partial charge in [0.2, 0.25) is 5.95 Å². The van der Waals surface area contributed by atoms with E-state index in [0.29, 0.717) is 0 Å². The summed E-state index contributed by atoms with van der Waals surface area (Å²) in [5, 5.41) is 10.2. The van der Waals surface area contributed by atoms with Crippen LogP contribution in [0, 0.1) is 11.4 Å².